The van der Waals surface area contributed by atoms with E-state index in [-0.39, 0.29) is 11.9 Å². The minimum absolute atomic E-state index is 0.0704. The highest BCUT2D eigenvalue weighted by molar-refractivity contribution is 7.16. The van der Waals surface area contributed by atoms with Gasteiger partial charge in [0.1, 0.15) is 0 Å². The average Bonchev–Trinajstić information content (AvgIpc) is 2.96. The van der Waals surface area contributed by atoms with Gasteiger partial charge in [0.05, 0.1) is 11.7 Å². The second-order valence-corrected chi connectivity index (χ2v) is 7.16. The molecule has 5 heteroatoms. The molecule has 0 fully saturated rings. The summed E-state index contributed by atoms with van der Waals surface area (Å²) in [4.78, 5) is 17.0. The van der Waals surface area contributed by atoms with Crippen LogP contribution < -0.4 is 10.6 Å². The Balaban J connectivity index is 1.77. The molecule has 25 heavy (non-hydrogen) atoms. The van der Waals surface area contributed by atoms with E-state index in [0.29, 0.717) is 0 Å². The molecule has 1 atom stereocenters. The van der Waals surface area contributed by atoms with Crippen molar-refractivity contribution in [3.63, 3.8) is 0 Å². The Kier molecular flexibility index (Phi) is 5.14. The van der Waals surface area contributed by atoms with Gasteiger partial charge in [-0.2, -0.15) is 0 Å². The van der Waals surface area contributed by atoms with Gasteiger partial charge in [-0.15, -0.1) is 11.3 Å². The van der Waals surface area contributed by atoms with Crippen molar-refractivity contribution in [1.82, 2.24) is 4.98 Å². The van der Waals surface area contributed by atoms with Crippen LogP contribution in [0.1, 0.15) is 30.3 Å². The van der Waals surface area contributed by atoms with Crippen LogP contribution in [-0.2, 0) is 4.79 Å². The first kappa shape index (κ1) is 17.2. The van der Waals surface area contributed by atoms with Gasteiger partial charge in [0.15, 0.2) is 5.13 Å². The van der Waals surface area contributed by atoms with Gasteiger partial charge < -0.3 is 10.6 Å². The standard InChI is InChI=1S/C20H21N3OS/c1-13(16-7-5-4-6-8-16)21-20-23-19(14(2)25-20)17-9-11-18(12-10-17)22-15(3)24/h4-13H,1-3H3,(H,21,23)(H,22,24)/t13-/m0/s1. The predicted octanol–water partition coefficient (Wildman–Crippen LogP) is 5.25. The van der Waals surface area contributed by atoms with Crippen LogP contribution in [0.2, 0.25) is 0 Å². The van der Waals surface area contributed by atoms with E-state index in [1.165, 1.54) is 12.5 Å². The van der Waals surface area contributed by atoms with Crippen molar-refractivity contribution in [3.05, 3.63) is 65.0 Å². The number of hydrogen-bond acceptors (Lipinski definition) is 4. The minimum atomic E-state index is -0.0704. The van der Waals surface area contributed by atoms with E-state index in [2.05, 4.69) is 36.6 Å². The number of nitrogens with one attached hydrogen (secondary N) is 2. The van der Waals surface area contributed by atoms with E-state index >= 15 is 0 Å². The Hall–Kier alpha value is -2.66. The lowest BCUT2D eigenvalue weighted by atomic mass is 10.1. The van der Waals surface area contributed by atoms with E-state index < -0.39 is 0 Å². The largest absolute Gasteiger partial charge is 0.355 e. The fourth-order valence-electron chi connectivity index (χ4n) is 2.65. The first-order valence-corrected chi connectivity index (χ1v) is 9.01. The van der Waals surface area contributed by atoms with E-state index in [4.69, 9.17) is 4.98 Å². The van der Waals surface area contributed by atoms with Crippen molar-refractivity contribution in [2.24, 2.45) is 0 Å². The van der Waals surface area contributed by atoms with Gasteiger partial charge in [-0.1, -0.05) is 42.5 Å². The smallest absolute Gasteiger partial charge is 0.221 e. The molecule has 0 aliphatic carbocycles. The molecule has 1 aromatic heterocycles. The number of carbonyl (C=O) groups is 1. The van der Waals surface area contributed by atoms with Gasteiger partial charge in [-0.3, -0.25) is 4.79 Å². The van der Waals surface area contributed by atoms with Gasteiger partial charge in [0.25, 0.3) is 0 Å². The highest BCUT2D eigenvalue weighted by Gasteiger charge is 2.12. The number of aromatic nitrogens is 1. The van der Waals surface area contributed by atoms with Crippen LogP contribution in [0.3, 0.4) is 0 Å². The van der Waals surface area contributed by atoms with Gasteiger partial charge in [0, 0.05) is 23.1 Å². The van der Waals surface area contributed by atoms with Crippen molar-refractivity contribution >= 4 is 28.1 Å². The molecule has 1 amide bonds. The number of aryl methyl sites for hydroxylation is 1. The summed E-state index contributed by atoms with van der Waals surface area (Å²) in [7, 11) is 0. The molecule has 3 aromatic rings. The van der Waals surface area contributed by atoms with Crippen molar-refractivity contribution in [2.75, 3.05) is 10.6 Å². The molecular formula is C20H21N3OS. The predicted molar refractivity (Wildman–Crippen MR) is 105 cm³/mol. The summed E-state index contributed by atoms with van der Waals surface area (Å²) in [5, 5.41) is 7.17. The molecule has 2 N–H and O–H groups in total. The van der Waals surface area contributed by atoms with Gasteiger partial charge in [-0.25, -0.2) is 4.98 Å². The number of anilines is 2. The first-order chi connectivity index (χ1) is 12.0. The van der Waals surface area contributed by atoms with Crippen LogP contribution in [0.15, 0.2) is 54.6 Å². The minimum Gasteiger partial charge on any atom is -0.355 e. The molecule has 0 unspecified atom stereocenters. The molecule has 0 aliphatic rings. The van der Waals surface area contributed by atoms with Crippen LogP contribution >= 0.6 is 11.3 Å². The molecule has 0 saturated carbocycles. The van der Waals surface area contributed by atoms with E-state index in [9.17, 15) is 4.79 Å². The average molecular weight is 351 g/mol. The zero-order valence-corrected chi connectivity index (χ0v) is 15.4. The van der Waals surface area contributed by atoms with E-state index in [1.54, 1.807) is 11.3 Å². The van der Waals surface area contributed by atoms with Crippen molar-refractivity contribution in [2.45, 2.75) is 26.8 Å². The lowest BCUT2D eigenvalue weighted by Gasteiger charge is -2.12. The van der Waals surface area contributed by atoms with E-state index in [1.807, 2.05) is 42.5 Å². The molecule has 0 aliphatic heterocycles. The molecule has 2 aromatic carbocycles. The lowest BCUT2D eigenvalue weighted by molar-refractivity contribution is -0.114. The van der Waals surface area contributed by atoms with Gasteiger partial charge in [-0.05, 0) is 31.5 Å². The Morgan fingerprint density at radius 3 is 2.40 bits per heavy atom. The normalized spacial score (nSPS) is 11.8. The molecule has 1 heterocycles. The first-order valence-electron chi connectivity index (χ1n) is 8.20. The summed E-state index contributed by atoms with van der Waals surface area (Å²) in [5.74, 6) is -0.0704. The summed E-state index contributed by atoms with van der Waals surface area (Å²) in [6.07, 6.45) is 0. The van der Waals surface area contributed by atoms with Crippen LogP contribution in [-0.4, -0.2) is 10.9 Å². The number of thiazole rings is 1. The van der Waals surface area contributed by atoms with E-state index in [0.717, 1.165) is 27.0 Å². The zero-order valence-electron chi connectivity index (χ0n) is 14.5. The Morgan fingerprint density at radius 1 is 1.08 bits per heavy atom. The summed E-state index contributed by atoms with van der Waals surface area (Å²) >= 11 is 1.66. The number of carbonyl (C=O) groups excluding carboxylic acids is 1. The van der Waals surface area contributed by atoms with Crippen molar-refractivity contribution < 1.29 is 4.79 Å². The maximum absolute atomic E-state index is 11.1. The maximum atomic E-state index is 11.1. The summed E-state index contributed by atoms with van der Waals surface area (Å²) < 4.78 is 0. The SMILES string of the molecule is CC(=O)Nc1ccc(-c2nc(N[C@@H](C)c3ccccc3)sc2C)cc1. The fraction of sp³-hybridized carbons (Fsp3) is 0.200. The molecule has 4 nitrogen and oxygen atoms in total. The number of hydrogen-bond donors (Lipinski definition) is 2. The van der Waals surface area contributed by atoms with Crippen LogP contribution in [0.4, 0.5) is 10.8 Å². The quantitative estimate of drug-likeness (QED) is 0.660. The third-order valence-electron chi connectivity index (χ3n) is 3.91. The Morgan fingerprint density at radius 2 is 1.76 bits per heavy atom. The third-order valence-corrected chi connectivity index (χ3v) is 4.82. The summed E-state index contributed by atoms with van der Waals surface area (Å²) in [6, 6.07) is 18.3. The number of nitrogens with zero attached hydrogens (tertiary/aromatic N) is 1. The molecule has 128 valence electrons. The second-order valence-electron chi connectivity index (χ2n) is 5.96. The fourth-order valence-corrected chi connectivity index (χ4v) is 3.57. The Labute approximate surface area is 151 Å². The van der Waals surface area contributed by atoms with Gasteiger partial charge >= 0.3 is 0 Å². The molecule has 0 radical (unpaired) electrons. The molecular weight excluding hydrogens is 330 g/mol. The zero-order chi connectivity index (χ0) is 17.8. The van der Waals surface area contributed by atoms with Crippen LogP contribution in [0.25, 0.3) is 11.3 Å². The maximum Gasteiger partial charge on any atom is 0.221 e. The third kappa shape index (κ3) is 4.25. The van der Waals surface area contributed by atoms with Crippen molar-refractivity contribution in [3.8, 4) is 11.3 Å². The Bertz CT molecular complexity index is 856. The number of rotatable bonds is 5. The monoisotopic (exact) mass is 351 g/mol. The van der Waals surface area contributed by atoms with Crippen molar-refractivity contribution in [1.29, 1.82) is 0 Å². The topological polar surface area (TPSA) is 54.0 Å². The number of benzene rings is 2. The van der Waals surface area contributed by atoms with Crippen LogP contribution in [0, 0.1) is 6.92 Å². The highest BCUT2D eigenvalue weighted by Crippen LogP contribution is 2.32. The van der Waals surface area contributed by atoms with Gasteiger partial charge in [0.2, 0.25) is 5.91 Å². The molecule has 3 rings (SSSR count). The molecule has 0 saturated heterocycles. The second kappa shape index (κ2) is 7.49. The molecule has 0 spiro atoms. The van der Waals surface area contributed by atoms with Crippen LogP contribution in [0.5, 0.6) is 0 Å². The summed E-state index contributed by atoms with van der Waals surface area (Å²) in [6.45, 7) is 5.71. The molecule has 0 bridgehead atoms. The highest BCUT2D eigenvalue weighted by atomic mass is 32.1. The lowest BCUT2D eigenvalue weighted by Crippen LogP contribution is -2.06. The number of amides is 1. The summed E-state index contributed by atoms with van der Waals surface area (Å²) in [5.41, 5.74) is 4.04.